The number of nitrogens with zero attached hydrogens (tertiary/aromatic N) is 1. The Morgan fingerprint density at radius 2 is 2.20 bits per heavy atom. The first-order valence-electron chi connectivity index (χ1n) is 7.25. The summed E-state index contributed by atoms with van der Waals surface area (Å²) in [5, 5.41) is 20.5. The molecule has 2 bridgehead atoms. The molecule has 3 aliphatic carbocycles. The zero-order valence-electron chi connectivity index (χ0n) is 11.1. The van der Waals surface area contributed by atoms with Crippen molar-refractivity contribution in [2.24, 2.45) is 5.92 Å². The van der Waals surface area contributed by atoms with Crippen LogP contribution < -0.4 is 4.74 Å². The molecule has 1 aromatic rings. The molecule has 2 spiro atoms. The Bertz CT molecular complexity index is 729. The van der Waals surface area contributed by atoms with Crippen LogP contribution in [0.2, 0.25) is 0 Å². The lowest BCUT2D eigenvalue weighted by molar-refractivity contribution is 0.00607. The average Bonchev–Trinajstić information content (AvgIpc) is 2.80. The van der Waals surface area contributed by atoms with Crippen molar-refractivity contribution in [3.8, 4) is 11.5 Å². The molecule has 2 fully saturated rings. The molecule has 1 aromatic carbocycles. The first kappa shape index (κ1) is 10.2. The van der Waals surface area contributed by atoms with Crippen LogP contribution >= 0.6 is 0 Å². The van der Waals surface area contributed by atoms with E-state index in [0.717, 1.165) is 6.42 Å². The van der Waals surface area contributed by atoms with E-state index >= 15 is 0 Å². The predicted octanol–water partition coefficient (Wildman–Crippen LogP) is 0.864. The summed E-state index contributed by atoms with van der Waals surface area (Å²) in [6.07, 6.45) is 4.26. The minimum Gasteiger partial charge on any atom is -0.504 e. The van der Waals surface area contributed by atoms with Gasteiger partial charge in [-0.3, -0.25) is 4.90 Å². The Hall–Kier alpha value is -1.52. The van der Waals surface area contributed by atoms with Crippen molar-refractivity contribution in [1.82, 2.24) is 4.90 Å². The summed E-state index contributed by atoms with van der Waals surface area (Å²) in [7, 11) is 2.19. The van der Waals surface area contributed by atoms with Crippen LogP contribution in [0.1, 0.15) is 17.5 Å². The minimum atomic E-state index is -0.580. The van der Waals surface area contributed by atoms with Crippen molar-refractivity contribution in [1.29, 1.82) is 0 Å². The van der Waals surface area contributed by atoms with E-state index in [1.54, 1.807) is 6.07 Å². The van der Waals surface area contributed by atoms with Gasteiger partial charge in [-0.15, -0.1) is 0 Å². The fraction of sp³-hybridized carbons (Fsp3) is 0.500. The van der Waals surface area contributed by atoms with Gasteiger partial charge in [0.05, 0.1) is 5.54 Å². The Labute approximate surface area is 116 Å². The maximum Gasteiger partial charge on any atom is 0.165 e. The van der Waals surface area contributed by atoms with Crippen LogP contribution in [-0.4, -0.2) is 40.4 Å². The highest BCUT2D eigenvalue weighted by molar-refractivity contribution is 5.70. The van der Waals surface area contributed by atoms with Crippen LogP contribution in [0.3, 0.4) is 0 Å². The zero-order valence-corrected chi connectivity index (χ0v) is 11.1. The second-order valence-corrected chi connectivity index (χ2v) is 6.97. The zero-order chi connectivity index (χ0) is 13.4. The normalized spacial score (nSPS) is 54.6. The Kier molecular flexibility index (Phi) is 1.29. The van der Waals surface area contributed by atoms with E-state index in [-0.39, 0.29) is 22.8 Å². The van der Waals surface area contributed by atoms with Gasteiger partial charge in [0.15, 0.2) is 11.5 Å². The molecule has 6 rings (SSSR count). The number of hydrogen-bond acceptors (Lipinski definition) is 4. The van der Waals surface area contributed by atoms with Gasteiger partial charge in [-0.1, -0.05) is 18.2 Å². The number of rotatable bonds is 0. The van der Waals surface area contributed by atoms with E-state index in [2.05, 4.69) is 24.1 Å². The molecule has 5 aliphatic rings. The molecule has 2 heterocycles. The highest BCUT2D eigenvalue weighted by Gasteiger charge is 2.84. The van der Waals surface area contributed by atoms with Crippen LogP contribution in [0.25, 0.3) is 0 Å². The first-order chi connectivity index (χ1) is 9.62. The number of likely N-dealkylation sites (N-methyl/N-ethyl adjacent to an activating group) is 1. The average molecular weight is 269 g/mol. The molecule has 7 atom stereocenters. The Balaban J connectivity index is 1.77. The summed E-state index contributed by atoms with van der Waals surface area (Å²) < 4.78 is 6.02. The van der Waals surface area contributed by atoms with Crippen LogP contribution in [0, 0.1) is 5.92 Å². The summed E-state index contributed by atoms with van der Waals surface area (Å²) in [6.45, 7) is 0. The van der Waals surface area contributed by atoms with Gasteiger partial charge < -0.3 is 14.9 Å². The van der Waals surface area contributed by atoms with Crippen molar-refractivity contribution in [3.05, 3.63) is 35.4 Å². The first-order valence-corrected chi connectivity index (χ1v) is 7.25. The number of benzene rings is 1. The molecular weight excluding hydrogens is 254 g/mol. The molecule has 102 valence electrons. The second kappa shape index (κ2) is 2.51. The maximum absolute atomic E-state index is 10.4. The summed E-state index contributed by atoms with van der Waals surface area (Å²) in [6, 6.07) is 4.34. The predicted molar refractivity (Wildman–Crippen MR) is 70.7 cm³/mol. The SMILES string of the molecule is CN1[C@H]2[C@@H]3C=C[C@H](O)[C@@H]4Oc5c(O)ccc6c5[C@]34C[C@]621. The van der Waals surface area contributed by atoms with Gasteiger partial charge in [0, 0.05) is 22.9 Å². The third-order valence-corrected chi connectivity index (χ3v) is 6.61. The van der Waals surface area contributed by atoms with E-state index in [4.69, 9.17) is 4.74 Å². The summed E-state index contributed by atoms with van der Waals surface area (Å²) >= 11 is 0. The number of hydrogen-bond donors (Lipinski definition) is 2. The lowest BCUT2D eigenvalue weighted by Crippen LogP contribution is -2.51. The molecule has 0 radical (unpaired) electrons. The van der Waals surface area contributed by atoms with Gasteiger partial charge in [0.2, 0.25) is 0 Å². The highest BCUT2D eigenvalue weighted by atomic mass is 16.5. The fourth-order valence-electron chi connectivity index (χ4n) is 5.98. The topological polar surface area (TPSA) is 52.7 Å². The molecule has 0 aromatic heterocycles. The van der Waals surface area contributed by atoms with Crippen LogP contribution in [0.15, 0.2) is 24.3 Å². The summed E-state index contributed by atoms with van der Waals surface area (Å²) in [5.41, 5.74) is 2.50. The number of likely N-dealkylation sites (tertiary alicyclic amines) is 1. The summed E-state index contributed by atoms with van der Waals surface area (Å²) in [5.74, 6) is 1.23. The molecule has 1 saturated heterocycles. The number of phenolic OH excluding ortho intramolecular Hbond substituents is 1. The number of aliphatic hydroxyl groups is 1. The molecule has 2 aliphatic heterocycles. The van der Waals surface area contributed by atoms with Gasteiger partial charge in [-0.05, 0) is 25.1 Å². The quantitative estimate of drug-likeness (QED) is 0.542. The third-order valence-electron chi connectivity index (χ3n) is 6.61. The molecular formula is C16H15NO3. The molecule has 20 heavy (non-hydrogen) atoms. The van der Waals surface area contributed by atoms with Gasteiger partial charge in [-0.25, -0.2) is 0 Å². The van der Waals surface area contributed by atoms with Gasteiger partial charge in [-0.2, -0.15) is 0 Å². The van der Waals surface area contributed by atoms with E-state index in [1.807, 2.05) is 6.08 Å². The van der Waals surface area contributed by atoms with Gasteiger partial charge >= 0.3 is 0 Å². The monoisotopic (exact) mass is 269 g/mol. The van der Waals surface area contributed by atoms with Crippen molar-refractivity contribution < 1.29 is 14.9 Å². The molecule has 1 unspecified atom stereocenters. The standard InChI is InChI=1S/C16H15NO3/c1-17-13-8-3-5-10(19)14-15(8)6-16(13,17)7-2-4-9(18)12(20-14)11(7)15/h2-5,8,10,13-14,18-19H,6H2,1H3/t8-,10-,13-,14-,15-,16-,17?/m0/s1. The molecule has 1 saturated carbocycles. The van der Waals surface area contributed by atoms with Gasteiger partial charge in [0.1, 0.15) is 12.2 Å². The van der Waals surface area contributed by atoms with E-state index < -0.39 is 6.10 Å². The smallest absolute Gasteiger partial charge is 0.165 e. The van der Waals surface area contributed by atoms with Crippen molar-refractivity contribution in [3.63, 3.8) is 0 Å². The number of ether oxygens (including phenoxy) is 1. The number of aromatic hydroxyl groups is 1. The Morgan fingerprint density at radius 1 is 1.35 bits per heavy atom. The molecule has 4 nitrogen and oxygen atoms in total. The summed E-state index contributed by atoms with van der Waals surface area (Å²) in [4.78, 5) is 2.45. The van der Waals surface area contributed by atoms with E-state index in [0.29, 0.717) is 17.7 Å². The van der Waals surface area contributed by atoms with E-state index in [9.17, 15) is 10.2 Å². The van der Waals surface area contributed by atoms with Gasteiger partial charge in [0.25, 0.3) is 0 Å². The maximum atomic E-state index is 10.4. The largest absolute Gasteiger partial charge is 0.504 e. The number of fused-ring (bicyclic) bond motifs is 1. The van der Waals surface area contributed by atoms with Crippen LogP contribution in [0.5, 0.6) is 11.5 Å². The van der Waals surface area contributed by atoms with Crippen molar-refractivity contribution >= 4 is 0 Å². The highest BCUT2D eigenvalue weighted by Crippen LogP contribution is 2.79. The molecule has 0 amide bonds. The van der Waals surface area contributed by atoms with Crippen molar-refractivity contribution in [2.45, 2.75) is 35.6 Å². The van der Waals surface area contributed by atoms with Crippen LogP contribution in [-0.2, 0) is 11.0 Å². The molecule has 4 heteroatoms. The number of phenols is 1. The van der Waals surface area contributed by atoms with E-state index in [1.165, 1.54) is 11.1 Å². The number of aliphatic hydroxyl groups excluding tert-OH is 1. The molecule has 2 N–H and O–H groups in total. The Morgan fingerprint density at radius 3 is 3.05 bits per heavy atom. The lowest BCUT2D eigenvalue weighted by atomic mass is 9.64. The second-order valence-electron chi connectivity index (χ2n) is 6.97. The lowest BCUT2D eigenvalue weighted by Gasteiger charge is -2.40. The minimum absolute atomic E-state index is 0.116. The third kappa shape index (κ3) is 0.675. The number of piperidine rings is 1. The van der Waals surface area contributed by atoms with Crippen molar-refractivity contribution in [2.75, 3.05) is 7.05 Å². The van der Waals surface area contributed by atoms with Crippen LogP contribution in [0.4, 0.5) is 0 Å². The fourth-order valence-corrected chi connectivity index (χ4v) is 5.98.